The van der Waals surface area contributed by atoms with Crippen molar-refractivity contribution in [3.63, 3.8) is 0 Å². The Labute approximate surface area is 57.4 Å². The van der Waals surface area contributed by atoms with Gasteiger partial charge in [0, 0.05) is 5.75 Å². The summed E-state index contributed by atoms with van der Waals surface area (Å²) in [6, 6.07) is 0. The van der Waals surface area contributed by atoms with Crippen molar-refractivity contribution < 1.29 is 8.42 Å². The van der Waals surface area contributed by atoms with Crippen LogP contribution in [0.25, 0.3) is 0 Å². The van der Waals surface area contributed by atoms with Crippen LogP contribution >= 0.6 is 0 Å². The van der Waals surface area contributed by atoms with Gasteiger partial charge in [-0.2, -0.15) is 0 Å². The second-order valence-electron chi connectivity index (χ2n) is 1.06. The van der Waals surface area contributed by atoms with Gasteiger partial charge in [-0.05, 0) is 6.42 Å². The van der Waals surface area contributed by atoms with Gasteiger partial charge in [-0.3, -0.25) is 0 Å². The Balaban J connectivity index is 0. The molecule has 40 valence electrons. The zero-order valence-electron chi connectivity index (χ0n) is 3.68. The molecule has 0 atom stereocenters. The molecule has 0 aromatic rings. The summed E-state index contributed by atoms with van der Waals surface area (Å²) in [6.07, 6.45) is 0.735. The Hall–Kier alpha value is 0.547. The molecule has 4 heteroatoms. The van der Waals surface area contributed by atoms with Gasteiger partial charge in [-0.1, -0.05) is 6.92 Å². The van der Waals surface area contributed by atoms with E-state index in [0.29, 0.717) is 5.75 Å². The maximum absolute atomic E-state index is 9.64. The van der Waals surface area contributed by atoms with Crippen molar-refractivity contribution >= 4 is 29.6 Å². The second kappa shape index (κ2) is 6.55. The van der Waals surface area contributed by atoms with E-state index in [1.165, 1.54) is 0 Å². The molecule has 7 heavy (non-hydrogen) atoms. The third kappa shape index (κ3) is 10.8. The van der Waals surface area contributed by atoms with Crippen LogP contribution in [0.5, 0.6) is 0 Å². The van der Waals surface area contributed by atoms with Crippen molar-refractivity contribution in [2.24, 2.45) is 0 Å². The number of hydrogen-bond acceptors (Lipinski definition) is 2. The van der Waals surface area contributed by atoms with E-state index in [1.807, 2.05) is 6.92 Å². The van der Waals surface area contributed by atoms with E-state index in [2.05, 4.69) is 0 Å². The molecule has 0 unspecified atom stereocenters. The molecule has 0 radical (unpaired) electrons. The predicted octanol–water partition coefficient (Wildman–Crippen LogP) is -0.641. The Morgan fingerprint density at radius 2 is 1.86 bits per heavy atom. The summed E-state index contributed by atoms with van der Waals surface area (Å²) >= 11 is 0. The first-order valence-corrected chi connectivity index (χ1v) is 3.25. The van der Waals surface area contributed by atoms with Gasteiger partial charge in [0.15, 0.2) is 0 Å². The van der Waals surface area contributed by atoms with Crippen LogP contribution in [0, 0.1) is 0 Å². The monoisotopic (exact) mass is 116 g/mol. The molecule has 2 nitrogen and oxygen atoms in total. The van der Waals surface area contributed by atoms with Crippen molar-refractivity contribution in [2.45, 2.75) is 13.3 Å². The first-order valence-electron chi connectivity index (χ1n) is 1.89. The number of hydrogen-bond donors (Lipinski definition) is 1. The average molecular weight is 116 g/mol. The Morgan fingerprint density at radius 3 is 1.86 bits per heavy atom. The SMILES string of the molecule is CCC[SH](=O)=O.[LiH]. The Kier molecular flexibility index (Phi) is 9.83. The molecule has 0 saturated heterocycles. The zero-order chi connectivity index (χ0) is 4.99. The van der Waals surface area contributed by atoms with Crippen LogP contribution in [0.3, 0.4) is 0 Å². The topological polar surface area (TPSA) is 34.1 Å². The van der Waals surface area contributed by atoms with Crippen LogP contribution in [0.2, 0.25) is 0 Å². The van der Waals surface area contributed by atoms with Crippen LogP contribution in [-0.4, -0.2) is 33.0 Å². The molecule has 0 heterocycles. The van der Waals surface area contributed by atoms with Crippen LogP contribution < -0.4 is 0 Å². The van der Waals surface area contributed by atoms with E-state index in [9.17, 15) is 8.42 Å². The minimum absolute atomic E-state index is 0. The van der Waals surface area contributed by atoms with Crippen molar-refractivity contribution in [1.82, 2.24) is 0 Å². The molecular weight excluding hydrogens is 107 g/mol. The van der Waals surface area contributed by atoms with Gasteiger partial charge in [0.2, 0.25) is 0 Å². The molecule has 0 aromatic heterocycles. The zero-order valence-corrected chi connectivity index (χ0v) is 4.57. The number of thiol groups is 1. The fourth-order valence-corrected chi connectivity index (χ4v) is 0.548. The van der Waals surface area contributed by atoms with E-state index in [-0.39, 0.29) is 18.9 Å². The van der Waals surface area contributed by atoms with E-state index >= 15 is 0 Å². The van der Waals surface area contributed by atoms with Gasteiger partial charge in [0.25, 0.3) is 0 Å². The molecule has 0 amide bonds. The van der Waals surface area contributed by atoms with E-state index in [4.69, 9.17) is 0 Å². The first kappa shape index (κ1) is 10.5. The van der Waals surface area contributed by atoms with Crippen LogP contribution in [0.1, 0.15) is 13.3 Å². The second-order valence-corrected chi connectivity index (χ2v) is 2.17. The van der Waals surface area contributed by atoms with Crippen molar-refractivity contribution in [2.75, 3.05) is 5.75 Å². The molecule has 0 aliphatic heterocycles. The van der Waals surface area contributed by atoms with Crippen molar-refractivity contribution in [3.05, 3.63) is 0 Å². The van der Waals surface area contributed by atoms with Gasteiger partial charge in [-0.25, -0.2) is 8.42 Å². The molecule has 0 spiro atoms. The molecule has 0 N–H and O–H groups in total. The normalized spacial score (nSPS) is 8.29. The third-order valence-corrected chi connectivity index (χ3v) is 1.22. The molecule has 0 aromatic carbocycles. The Morgan fingerprint density at radius 1 is 1.43 bits per heavy atom. The molecule has 0 aliphatic rings. The van der Waals surface area contributed by atoms with Crippen molar-refractivity contribution in [3.8, 4) is 0 Å². The molecule has 0 aliphatic carbocycles. The maximum atomic E-state index is 9.64. The van der Waals surface area contributed by atoms with Crippen LogP contribution in [0.15, 0.2) is 0 Å². The summed E-state index contributed by atoms with van der Waals surface area (Å²) < 4.78 is 19.3. The van der Waals surface area contributed by atoms with E-state index in [1.54, 1.807) is 0 Å². The average Bonchev–Trinajstić information content (AvgIpc) is 1.35. The molecule has 0 saturated carbocycles. The molecule has 0 bridgehead atoms. The van der Waals surface area contributed by atoms with Gasteiger partial charge in [0.1, 0.15) is 10.7 Å². The minimum atomic E-state index is -2.10. The Bertz CT molecular complexity index is 80.9. The quantitative estimate of drug-likeness (QED) is 0.384. The van der Waals surface area contributed by atoms with E-state index < -0.39 is 10.7 Å². The summed E-state index contributed by atoms with van der Waals surface area (Å²) in [5, 5.41) is 0. The predicted molar refractivity (Wildman–Crippen MR) is 32.6 cm³/mol. The summed E-state index contributed by atoms with van der Waals surface area (Å²) in [5.74, 6) is 0.329. The van der Waals surface area contributed by atoms with E-state index in [0.717, 1.165) is 6.42 Å². The summed E-state index contributed by atoms with van der Waals surface area (Å²) in [4.78, 5) is 0. The van der Waals surface area contributed by atoms with Crippen LogP contribution in [-0.2, 0) is 10.7 Å². The van der Waals surface area contributed by atoms with Gasteiger partial charge < -0.3 is 0 Å². The number of rotatable bonds is 2. The standard InChI is InChI=1S/C3H8O2S.Li.H/c1-2-3-6(4)5;;/h6H,2-3H2,1H3;;. The van der Waals surface area contributed by atoms with Crippen LogP contribution in [0.4, 0.5) is 0 Å². The van der Waals surface area contributed by atoms with Crippen molar-refractivity contribution in [1.29, 1.82) is 0 Å². The third-order valence-electron chi connectivity index (χ3n) is 0.406. The van der Waals surface area contributed by atoms with Gasteiger partial charge >= 0.3 is 18.9 Å². The summed E-state index contributed by atoms with van der Waals surface area (Å²) in [5.41, 5.74) is 0. The fraction of sp³-hybridized carbons (Fsp3) is 1.00. The summed E-state index contributed by atoms with van der Waals surface area (Å²) in [7, 11) is -2.10. The van der Waals surface area contributed by atoms with Gasteiger partial charge in [0.05, 0.1) is 0 Å². The first-order chi connectivity index (χ1) is 2.77. The molecule has 0 rings (SSSR count). The summed E-state index contributed by atoms with van der Waals surface area (Å²) in [6.45, 7) is 1.84. The van der Waals surface area contributed by atoms with Gasteiger partial charge in [-0.15, -0.1) is 0 Å². The molecular formula is C3H9LiO2S. The molecule has 0 fully saturated rings. The fourth-order valence-electron chi connectivity index (χ4n) is 0.183.